The van der Waals surface area contributed by atoms with E-state index in [9.17, 15) is 24.0 Å². The Balaban J connectivity index is 0.000000737. The maximum atomic E-state index is 12.0. The van der Waals surface area contributed by atoms with Gasteiger partial charge in [0.25, 0.3) is 0 Å². The zero-order chi connectivity index (χ0) is 35.3. The molecule has 0 aliphatic rings. The van der Waals surface area contributed by atoms with Crippen LogP contribution in [0.5, 0.6) is 0 Å². The van der Waals surface area contributed by atoms with Crippen LogP contribution < -0.4 is 21.7 Å². The molecule has 0 saturated carbocycles. The van der Waals surface area contributed by atoms with E-state index in [1.807, 2.05) is 60.7 Å². The minimum absolute atomic E-state index is 0.281. The Labute approximate surface area is 243 Å². The third-order valence-corrected chi connectivity index (χ3v) is 4.45. The van der Waals surface area contributed by atoms with Crippen LogP contribution in [0.2, 0.25) is 0 Å². The topological polar surface area (TPSA) is 175 Å². The van der Waals surface area contributed by atoms with Gasteiger partial charge < -0.3 is 35.9 Å². The van der Waals surface area contributed by atoms with E-state index in [-0.39, 0.29) is 13.2 Å². The van der Waals surface area contributed by atoms with Gasteiger partial charge in [-0.25, -0.2) is 0 Å². The molecule has 40 heavy (non-hydrogen) atoms. The molecule has 0 aromatic heterocycles. The van der Waals surface area contributed by atoms with Gasteiger partial charge in [0.05, 0.1) is 21.4 Å². The molecule has 220 valence electrons. The van der Waals surface area contributed by atoms with Gasteiger partial charge in [0.15, 0.2) is 0 Å². The summed E-state index contributed by atoms with van der Waals surface area (Å²) in [6, 6.07) is 16.5. The van der Waals surface area contributed by atoms with Gasteiger partial charge >= 0.3 is 11.9 Å². The average molecular weight is 567 g/mol. The molecular formula is C28H40N4O8. The molecule has 2 aromatic rings. The molecule has 0 aliphatic heterocycles. The molecule has 0 spiro atoms. The van der Waals surface area contributed by atoms with E-state index >= 15 is 0 Å². The second-order valence-electron chi connectivity index (χ2n) is 7.97. The van der Waals surface area contributed by atoms with Gasteiger partial charge in [-0.15, -0.1) is 0 Å². The highest BCUT2D eigenvalue weighted by Gasteiger charge is 2.18. The predicted octanol–water partition coefficient (Wildman–Crippen LogP) is 0.826. The number of nitrogens with two attached hydrogens (primary N) is 1. The van der Waals surface area contributed by atoms with E-state index in [1.165, 1.54) is 20.8 Å². The molecule has 0 unspecified atom stereocenters. The van der Waals surface area contributed by atoms with Crippen molar-refractivity contribution < 1.29 is 46.4 Å². The Hall–Kier alpha value is -4.13. The molecule has 2 atom stereocenters. The van der Waals surface area contributed by atoms with Gasteiger partial charge in [0.2, 0.25) is 17.7 Å². The fourth-order valence-electron chi connectivity index (χ4n) is 2.70. The lowest BCUT2D eigenvalue weighted by Gasteiger charge is -2.16. The first-order valence-corrected chi connectivity index (χ1v) is 11.9. The van der Waals surface area contributed by atoms with Crippen molar-refractivity contribution in [2.45, 2.75) is 45.9 Å². The number of amides is 3. The smallest absolute Gasteiger partial charge is 0.310 e. The van der Waals surface area contributed by atoms with Gasteiger partial charge in [-0.1, -0.05) is 60.7 Å². The van der Waals surface area contributed by atoms with E-state index in [0.717, 1.165) is 11.1 Å². The van der Waals surface area contributed by atoms with E-state index < -0.39 is 62.4 Å². The van der Waals surface area contributed by atoms with Crippen molar-refractivity contribution >= 4 is 29.7 Å². The predicted molar refractivity (Wildman–Crippen MR) is 148 cm³/mol. The Kier molecular flexibility index (Phi) is 14.2. The normalized spacial score (nSPS) is 14.0. The number of carbonyl (C=O) groups is 5. The number of ether oxygens (including phenoxy) is 3. The van der Waals surface area contributed by atoms with Gasteiger partial charge in [-0.05, 0) is 11.1 Å². The summed E-state index contributed by atoms with van der Waals surface area (Å²) < 4.78 is 54.4. The highest BCUT2D eigenvalue weighted by molar-refractivity contribution is 5.87. The molecule has 0 fully saturated rings. The largest absolute Gasteiger partial charge is 0.394 e. The number of carbonyl (C=O) groups excluding carboxylic acids is 5. The van der Waals surface area contributed by atoms with Crippen molar-refractivity contribution in [2.75, 3.05) is 27.3 Å². The van der Waals surface area contributed by atoms with Crippen molar-refractivity contribution in [1.82, 2.24) is 16.0 Å². The summed E-state index contributed by atoms with van der Waals surface area (Å²) in [4.78, 5) is 54.2. The summed E-state index contributed by atoms with van der Waals surface area (Å²) in [6.07, 6.45) is 0. The highest BCUT2D eigenvalue weighted by Crippen LogP contribution is 1.98. The molecule has 2 aromatic carbocycles. The SMILES string of the molecule is CC(=O)OC(C)=O.[2H]C([2H])([2H])OC[C@@H](N)C(=O)NCc1ccccc1.[2H]C([2H])([2H])OC[C@@H](NC(C)=O)C(=O)NCc1ccccc1. The van der Waals surface area contributed by atoms with Crippen LogP contribution >= 0.6 is 0 Å². The van der Waals surface area contributed by atoms with Gasteiger partial charge in [0, 0.05) is 47.9 Å². The third-order valence-electron chi connectivity index (χ3n) is 4.45. The molecule has 0 saturated heterocycles. The number of hydrogen-bond acceptors (Lipinski definition) is 9. The molecule has 0 heterocycles. The monoisotopic (exact) mass is 566 g/mol. The number of nitrogens with one attached hydrogen (secondary N) is 3. The fourth-order valence-corrected chi connectivity index (χ4v) is 2.70. The lowest BCUT2D eigenvalue weighted by Crippen LogP contribution is -2.48. The molecule has 3 amide bonds. The number of benzene rings is 2. The summed E-state index contributed by atoms with van der Waals surface area (Å²) in [7, 11) is -5.15. The minimum Gasteiger partial charge on any atom is -0.394 e. The van der Waals surface area contributed by atoms with Gasteiger partial charge in [-0.2, -0.15) is 0 Å². The van der Waals surface area contributed by atoms with E-state index in [1.54, 1.807) is 0 Å². The minimum atomic E-state index is -2.61. The zero-order valence-corrected chi connectivity index (χ0v) is 22.6. The van der Waals surface area contributed by atoms with Crippen LogP contribution in [-0.4, -0.2) is 69.0 Å². The van der Waals surface area contributed by atoms with Crippen LogP contribution in [0.4, 0.5) is 0 Å². The van der Waals surface area contributed by atoms with Crippen molar-refractivity contribution in [3.8, 4) is 0 Å². The molecule has 12 heteroatoms. The molecule has 0 bridgehead atoms. The van der Waals surface area contributed by atoms with Crippen LogP contribution in [-0.2, 0) is 51.3 Å². The second kappa shape index (κ2) is 21.8. The summed E-state index contributed by atoms with van der Waals surface area (Å²) in [5, 5.41) is 7.59. The van der Waals surface area contributed by atoms with E-state index in [4.69, 9.17) is 14.0 Å². The Bertz CT molecular complexity index is 1220. The number of esters is 2. The number of rotatable bonds is 11. The quantitative estimate of drug-likeness (QED) is 0.227. The highest BCUT2D eigenvalue weighted by atomic mass is 16.6. The first-order valence-electron chi connectivity index (χ1n) is 14.9. The van der Waals surface area contributed by atoms with Crippen LogP contribution in [0.15, 0.2) is 60.7 Å². The van der Waals surface area contributed by atoms with Crippen molar-refractivity contribution in [3.05, 3.63) is 71.8 Å². The van der Waals surface area contributed by atoms with Crippen molar-refractivity contribution in [2.24, 2.45) is 5.73 Å². The molecule has 0 aliphatic carbocycles. The standard InChI is InChI=1S/C13H18N2O3.C11H16N2O2.C4H6O3/c1-10(16)15-12(9-18-2)13(17)14-8-11-6-4-3-5-7-11;1-15-8-10(12)11(14)13-7-9-5-3-2-4-6-9;1-3(5)7-4(2)6/h3-7,12H,8-9H2,1-2H3,(H,14,17)(H,15,16);2-6,10H,7-8,12H2,1H3,(H,13,14);1-2H3/t12-;10-;/m11./s1/i2D3;1D3;. The molecule has 2 rings (SSSR count). The molecule has 12 nitrogen and oxygen atoms in total. The van der Waals surface area contributed by atoms with Crippen LogP contribution in [0.25, 0.3) is 0 Å². The zero-order valence-electron chi connectivity index (χ0n) is 28.6. The summed E-state index contributed by atoms with van der Waals surface area (Å²) >= 11 is 0. The molecule has 0 radical (unpaired) electrons. The summed E-state index contributed by atoms with van der Waals surface area (Å²) in [6.45, 7) is 3.48. The van der Waals surface area contributed by atoms with Crippen molar-refractivity contribution in [1.29, 1.82) is 0 Å². The Morgan fingerprint density at radius 3 is 1.60 bits per heavy atom. The molecule has 5 N–H and O–H groups in total. The van der Waals surface area contributed by atoms with Crippen molar-refractivity contribution in [3.63, 3.8) is 0 Å². The maximum Gasteiger partial charge on any atom is 0.310 e. The number of methoxy groups -OCH3 is 2. The average Bonchev–Trinajstić information content (AvgIpc) is 2.95. The Morgan fingerprint density at radius 2 is 1.20 bits per heavy atom. The maximum absolute atomic E-state index is 12.0. The number of hydrogen-bond donors (Lipinski definition) is 4. The molecular weight excluding hydrogens is 520 g/mol. The third kappa shape index (κ3) is 19.0. The second-order valence-corrected chi connectivity index (χ2v) is 7.97. The van der Waals surface area contributed by atoms with Gasteiger partial charge in [0.1, 0.15) is 12.1 Å². The summed E-state index contributed by atoms with van der Waals surface area (Å²) in [5.41, 5.74) is 7.33. The first-order chi connectivity index (χ1) is 21.3. The fraction of sp³-hybridized carbons (Fsp3) is 0.393. The van der Waals surface area contributed by atoms with E-state index in [2.05, 4.69) is 30.2 Å². The van der Waals surface area contributed by atoms with Crippen LogP contribution in [0.3, 0.4) is 0 Å². The Morgan fingerprint density at radius 1 is 0.750 bits per heavy atom. The lowest BCUT2D eigenvalue weighted by molar-refractivity contribution is -0.156. The lowest BCUT2D eigenvalue weighted by atomic mass is 10.2. The summed E-state index contributed by atoms with van der Waals surface area (Å²) in [5.74, 6) is -2.51. The van der Waals surface area contributed by atoms with Crippen LogP contribution in [0, 0.1) is 0 Å². The van der Waals surface area contributed by atoms with Gasteiger partial charge in [-0.3, -0.25) is 24.0 Å². The first kappa shape index (κ1) is 26.1. The van der Waals surface area contributed by atoms with E-state index in [0.29, 0.717) is 6.54 Å². The van der Waals surface area contributed by atoms with Crippen LogP contribution in [0.1, 0.15) is 40.1 Å².